The van der Waals surface area contributed by atoms with Crippen LogP contribution in [0.15, 0.2) is 29.6 Å². The number of nitrogens with zero attached hydrogens (tertiary/aromatic N) is 2. The summed E-state index contributed by atoms with van der Waals surface area (Å²) in [5.74, 6) is 0.642. The smallest absolute Gasteiger partial charge is 0.220 e. The number of carbonyl (C=O) groups excluding carboxylic acids is 1. The molecule has 6 heteroatoms. The van der Waals surface area contributed by atoms with E-state index in [-0.39, 0.29) is 5.91 Å². The van der Waals surface area contributed by atoms with Crippen LogP contribution in [-0.4, -0.2) is 34.9 Å². The Bertz CT molecular complexity index is 708. The largest absolute Gasteiger partial charge is 0.353 e. The van der Waals surface area contributed by atoms with E-state index in [0.29, 0.717) is 18.3 Å². The SMILES string of the molecule is Cc1ccc(CCC(=O)NC2CCN(Cc3nc(CCl)cs3)CC2)cc1. The zero-order chi connectivity index (χ0) is 18.4. The predicted molar refractivity (Wildman–Crippen MR) is 108 cm³/mol. The van der Waals surface area contributed by atoms with Gasteiger partial charge in [0.25, 0.3) is 0 Å². The van der Waals surface area contributed by atoms with Gasteiger partial charge in [0, 0.05) is 30.9 Å². The van der Waals surface area contributed by atoms with Gasteiger partial charge in [-0.2, -0.15) is 0 Å². The highest BCUT2D eigenvalue weighted by Crippen LogP contribution is 2.18. The Morgan fingerprint density at radius 1 is 1.31 bits per heavy atom. The van der Waals surface area contributed by atoms with E-state index in [0.717, 1.165) is 49.6 Å². The van der Waals surface area contributed by atoms with Crippen LogP contribution in [0.2, 0.25) is 0 Å². The van der Waals surface area contributed by atoms with E-state index in [1.54, 1.807) is 11.3 Å². The van der Waals surface area contributed by atoms with Crippen molar-refractivity contribution in [2.45, 2.75) is 51.1 Å². The van der Waals surface area contributed by atoms with E-state index in [2.05, 4.69) is 46.4 Å². The number of likely N-dealkylation sites (tertiary alicyclic amines) is 1. The molecule has 1 aliphatic heterocycles. The van der Waals surface area contributed by atoms with Crippen molar-refractivity contribution in [3.8, 4) is 0 Å². The number of halogens is 1. The highest BCUT2D eigenvalue weighted by atomic mass is 35.5. The fourth-order valence-corrected chi connectivity index (χ4v) is 4.29. The monoisotopic (exact) mass is 391 g/mol. The van der Waals surface area contributed by atoms with E-state index in [9.17, 15) is 4.79 Å². The third-order valence-corrected chi connectivity index (χ3v) is 5.97. The van der Waals surface area contributed by atoms with Crippen LogP contribution >= 0.6 is 22.9 Å². The molecular formula is C20H26ClN3OS. The highest BCUT2D eigenvalue weighted by Gasteiger charge is 2.21. The minimum Gasteiger partial charge on any atom is -0.353 e. The molecule has 1 aromatic carbocycles. The number of aromatic nitrogens is 1. The first kappa shape index (κ1) is 19.3. The van der Waals surface area contributed by atoms with Gasteiger partial charge in [-0.25, -0.2) is 4.98 Å². The summed E-state index contributed by atoms with van der Waals surface area (Å²) in [7, 11) is 0. The van der Waals surface area contributed by atoms with Gasteiger partial charge in [0.15, 0.2) is 0 Å². The fraction of sp³-hybridized carbons (Fsp3) is 0.500. The first-order chi connectivity index (χ1) is 12.6. The molecule has 1 aromatic heterocycles. The molecule has 26 heavy (non-hydrogen) atoms. The van der Waals surface area contributed by atoms with Crippen LogP contribution in [0.4, 0.5) is 0 Å². The van der Waals surface area contributed by atoms with Crippen molar-refractivity contribution in [1.29, 1.82) is 0 Å². The third-order valence-electron chi connectivity index (χ3n) is 4.81. The zero-order valence-corrected chi connectivity index (χ0v) is 16.8. The maximum Gasteiger partial charge on any atom is 0.220 e. The normalized spacial score (nSPS) is 15.9. The molecule has 0 bridgehead atoms. The van der Waals surface area contributed by atoms with Gasteiger partial charge in [-0.1, -0.05) is 29.8 Å². The second-order valence-electron chi connectivity index (χ2n) is 6.97. The Balaban J connectivity index is 1.36. The van der Waals surface area contributed by atoms with Gasteiger partial charge in [0.1, 0.15) is 5.01 Å². The molecule has 0 unspecified atom stereocenters. The Morgan fingerprint density at radius 2 is 2.04 bits per heavy atom. The highest BCUT2D eigenvalue weighted by molar-refractivity contribution is 7.09. The maximum atomic E-state index is 12.2. The third kappa shape index (κ3) is 5.79. The molecule has 0 aliphatic carbocycles. The first-order valence-electron chi connectivity index (χ1n) is 9.19. The average Bonchev–Trinajstić information content (AvgIpc) is 3.10. The molecule has 1 N–H and O–H groups in total. The Kier molecular flexibility index (Phi) is 7.06. The average molecular weight is 392 g/mol. The molecule has 1 saturated heterocycles. The number of nitrogens with one attached hydrogen (secondary N) is 1. The lowest BCUT2D eigenvalue weighted by Gasteiger charge is -2.31. The molecule has 1 aliphatic rings. The van der Waals surface area contributed by atoms with Crippen LogP contribution in [0.5, 0.6) is 0 Å². The molecule has 140 valence electrons. The lowest BCUT2D eigenvalue weighted by molar-refractivity contribution is -0.122. The van der Waals surface area contributed by atoms with Crippen LogP contribution in [-0.2, 0) is 23.6 Å². The lowest BCUT2D eigenvalue weighted by Crippen LogP contribution is -2.44. The number of aryl methyl sites for hydroxylation is 2. The molecular weight excluding hydrogens is 366 g/mol. The Hall–Kier alpha value is -1.43. The van der Waals surface area contributed by atoms with Crippen LogP contribution in [0.25, 0.3) is 0 Å². The quantitative estimate of drug-likeness (QED) is 0.728. The van der Waals surface area contributed by atoms with Gasteiger partial charge in [0.2, 0.25) is 5.91 Å². The van der Waals surface area contributed by atoms with Gasteiger partial charge < -0.3 is 5.32 Å². The van der Waals surface area contributed by atoms with Gasteiger partial charge >= 0.3 is 0 Å². The van der Waals surface area contributed by atoms with Gasteiger partial charge in [-0.05, 0) is 31.7 Å². The molecule has 3 rings (SSSR count). The summed E-state index contributed by atoms with van der Waals surface area (Å²) >= 11 is 7.49. The second kappa shape index (κ2) is 9.49. The van der Waals surface area contributed by atoms with Crippen LogP contribution in [0.1, 0.15) is 41.1 Å². The Labute approximate surface area is 164 Å². The van der Waals surface area contributed by atoms with Crippen molar-refractivity contribution in [2.75, 3.05) is 13.1 Å². The topological polar surface area (TPSA) is 45.2 Å². The molecule has 4 nitrogen and oxygen atoms in total. The number of alkyl halides is 1. The first-order valence-corrected chi connectivity index (χ1v) is 10.6. The minimum atomic E-state index is 0.163. The summed E-state index contributed by atoms with van der Waals surface area (Å²) in [5.41, 5.74) is 3.43. The number of piperidine rings is 1. The summed E-state index contributed by atoms with van der Waals surface area (Å²) in [4.78, 5) is 19.1. The number of carbonyl (C=O) groups is 1. The summed E-state index contributed by atoms with van der Waals surface area (Å²) < 4.78 is 0. The zero-order valence-electron chi connectivity index (χ0n) is 15.2. The molecule has 1 fully saturated rings. The molecule has 2 aromatic rings. The second-order valence-corrected chi connectivity index (χ2v) is 8.18. The Morgan fingerprint density at radius 3 is 2.69 bits per heavy atom. The summed E-state index contributed by atoms with van der Waals surface area (Å²) in [5, 5.41) is 6.36. The van der Waals surface area contributed by atoms with Crippen LogP contribution < -0.4 is 5.32 Å². The molecule has 2 heterocycles. The van der Waals surface area contributed by atoms with Crippen molar-refractivity contribution in [3.63, 3.8) is 0 Å². The van der Waals surface area contributed by atoms with Crippen molar-refractivity contribution < 1.29 is 4.79 Å². The summed E-state index contributed by atoms with van der Waals surface area (Å²) in [6.45, 7) is 4.96. The summed E-state index contributed by atoms with van der Waals surface area (Å²) in [6, 6.07) is 8.71. The van der Waals surface area contributed by atoms with Gasteiger partial charge in [-0.3, -0.25) is 9.69 Å². The van der Waals surface area contributed by atoms with E-state index < -0.39 is 0 Å². The number of benzene rings is 1. The minimum absolute atomic E-state index is 0.163. The predicted octanol–water partition coefficient (Wildman–Crippen LogP) is 3.90. The number of rotatable bonds is 7. The van der Waals surface area contributed by atoms with Crippen molar-refractivity contribution >= 4 is 28.8 Å². The van der Waals surface area contributed by atoms with Crippen molar-refractivity contribution in [2.24, 2.45) is 0 Å². The molecule has 0 atom stereocenters. The molecule has 0 saturated carbocycles. The number of hydrogen-bond donors (Lipinski definition) is 1. The number of amides is 1. The van der Waals surface area contributed by atoms with E-state index in [4.69, 9.17) is 11.6 Å². The van der Waals surface area contributed by atoms with Crippen molar-refractivity contribution in [1.82, 2.24) is 15.2 Å². The van der Waals surface area contributed by atoms with Gasteiger partial charge in [0.05, 0.1) is 18.1 Å². The molecule has 0 radical (unpaired) electrons. The van der Waals surface area contributed by atoms with E-state index in [1.807, 2.05) is 5.38 Å². The van der Waals surface area contributed by atoms with E-state index in [1.165, 1.54) is 11.1 Å². The fourth-order valence-electron chi connectivity index (χ4n) is 3.22. The van der Waals surface area contributed by atoms with Crippen LogP contribution in [0.3, 0.4) is 0 Å². The standard InChI is InChI=1S/C20H26ClN3OS/c1-15-2-4-16(5-3-15)6-7-19(25)22-17-8-10-24(11-9-17)13-20-23-18(12-21)14-26-20/h2-5,14,17H,6-13H2,1H3,(H,22,25). The van der Waals surface area contributed by atoms with E-state index >= 15 is 0 Å². The van der Waals surface area contributed by atoms with Crippen molar-refractivity contribution in [3.05, 3.63) is 51.5 Å². The number of thiazole rings is 1. The molecule has 1 amide bonds. The lowest BCUT2D eigenvalue weighted by atomic mass is 10.0. The van der Waals surface area contributed by atoms with Gasteiger partial charge in [-0.15, -0.1) is 22.9 Å². The van der Waals surface area contributed by atoms with Crippen LogP contribution in [0, 0.1) is 6.92 Å². The maximum absolute atomic E-state index is 12.2. The number of hydrogen-bond acceptors (Lipinski definition) is 4. The summed E-state index contributed by atoms with van der Waals surface area (Å²) in [6.07, 6.45) is 3.37. The molecule has 0 spiro atoms.